The van der Waals surface area contributed by atoms with E-state index in [2.05, 4.69) is 51.3 Å². The number of aromatic nitrogens is 3. The summed E-state index contributed by atoms with van der Waals surface area (Å²) in [5, 5.41) is 11.3. The maximum atomic E-state index is 13.1. The zero-order chi connectivity index (χ0) is 16.6. The Morgan fingerprint density at radius 3 is 2.83 bits per heavy atom. The second-order valence-electron chi connectivity index (χ2n) is 7.23. The fourth-order valence-corrected chi connectivity index (χ4v) is 3.95. The summed E-state index contributed by atoms with van der Waals surface area (Å²) in [6, 6.07) is 8.94. The molecule has 24 heavy (non-hydrogen) atoms. The predicted molar refractivity (Wildman–Crippen MR) is 91.5 cm³/mol. The molecule has 5 nitrogen and oxygen atoms in total. The molecular weight excluding hydrogens is 300 g/mol. The van der Waals surface area contributed by atoms with Crippen LogP contribution in [0.2, 0.25) is 0 Å². The van der Waals surface area contributed by atoms with E-state index < -0.39 is 0 Å². The van der Waals surface area contributed by atoms with Gasteiger partial charge in [-0.3, -0.25) is 4.79 Å². The van der Waals surface area contributed by atoms with Gasteiger partial charge in [0, 0.05) is 6.04 Å². The minimum atomic E-state index is -0.379. The quantitative estimate of drug-likeness (QED) is 0.919. The van der Waals surface area contributed by atoms with E-state index in [4.69, 9.17) is 0 Å². The van der Waals surface area contributed by atoms with Gasteiger partial charge in [0.15, 0.2) is 5.82 Å². The van der Waals surface area contributed by atoms with Crippen molar-refractivity contribution in [2.75, 3.05) is 0 Å². The van der Waals surface area contributed by atoms with E-state index >= 15 is 0 Å². The molecule has 1 N–H and O–H groups in total. The van der Waals surface area contributed by atoms with E-state index in [0.29, 0.717) is 12.6 Å². The van der Waals surface area contributed by atoms with Crippen LogP contribution in [0.25, 0.3) is 0 Å². The summed E-state index contributed by atoms with van der Waals surface area (Å²) in [7, 11) is 0. The molecule has 2 aliphatic rings. The summed E-state index contributed by atoms with van der Waals surface area (Å²) >= 11 is 0. The Balaban J connectivity index is 1.53. The molecule has 0 spiro atoms. The molecule has 126 valence electrons. The summed E-state index contributed by atoms with van der Waals surface area (Å²) in [6.07, 6.45) is 8.23. The SMILES string of the molecule is Cc1cccc(C2(C(=O)NCc3nncn3C3CC3)CCCC2)c1. The normalized spacial score (nSPS) is 19.4. The van der Waals surface area contributed by atoms with Gasteiger partial charge in [-0.15, -0.1) is 10.2 Å². The van der Waals surface area contributed by atoms with Crippen LogP contribution in [0.3, 0.4) is 0 Å². The first kappa shape index (κ1) is 15.4. The van der Waals surface area contributed by atoms with Crippen molar-refractivity contribution in [3.8, 4) is 0 Å². The topological polar surface area (TPSA) is 59.8 Å². The van der Waals surface area contributed by atoms with E-state index in [-0.39, 0.29) is 11.3 Å². The summed E-state index contributed by atoms with van der Waals surface area (Å²) in [4.78, 5) is 13.1. The lowest BCUT2D eigenvalue weighted by Crippen LogP contribution is -2.42. The van der Waals surface area contributed by atoms with Crippen LogP contribution in [0, 0.1) is 6.92 Å². The molecule has 0 aliphatic heterocycles. The van der Waals surface area contributed by atoms with Gasteiger partial charge in [-0.25, -0.2) is 0 Å². The number of nitrogens with one attached hydrogen (secondary N) is 1. The number of carbonyl (C=O) groups is 1. The zero-order valence-electron chi connectivity index (χ0n) is 14.2. The standard InChI is InChI=1S/C19H24N4O/c1-14-5-4-6-15(11-14)19(9-2-3-10-19)18(24)20-12-17-22-21-13-23(17)16-7-8-16/h4-6,11,13,16H,2-3,7-10,12H2,1H3,(H,20,24). The Morgan fingerprint density at radius 1 is 1.33 bits per heavy atom. The molecule has 2 aliphatic carbocycles. The Labute approximate surface area is 142 Å². The number of rotatable bonds is 5. The van der Waals surface area contributed by atoms with Crippen LogP contribution >= 0.6 is 0 Å². The Bertz CT molecular complexity index is 741. The van der Waals surface area contributed by atoms with Crippen molar-refractivity contribution in [3.05, 3.63) is 47.5 Å². The zero-order valence-corrected chi connectivity index (χ0v) is 14.2. The van der Waals surface area contributed by atoms with Crippen LogP contribution in [0.15, 0.2) is 30.6 Å². The summed E-state index contributed by atoms with van der Waals surface area (Å²) in [5.74, 6) is 0.999. The highest BCUT2D eigenvalue weighted by atomic mass is 16.2. The first-order chi connectivity index (χ1) is 11.7. The van der Waals surface area contributed by atoms with Crippen molar-refractivity contribution >= 4 is 5.91 Å². The van der Waals surface area contributed by atoms with Crippen molar-refractivity contribution in [2.24, 2.45) is 0 Å². The van der Waals surface area contributed by atoms with Gasteiger partial charge in [0.25, 0.3) is 0 Å². The largest absolute Gasteiger partial charge is 0.348 e. The van der Waals surface area contributed by atoms with Gasteiger partial charge in [0.05, 0.1) is 12.0 Å². The molecule has 5 heteroatoms. The lowest BCUT2D eigenvalue weighted by atomic mass is 9.77. The monoisotopic (exact) mass is 324 g/mol. The second-order valence-corrected chi connectivity index (χ2v) is 7.23. The van der Waals surface area contributed by atoms with Gasteiger partial charge < -0.3 is 9.88 Å². The first-order valence-electron chi connectivity index (χ1n) is 8.93. The van der Waals surface area contributed by atoms with Gasteiger partial charge in [-0.1, -0.05) is 42.7 Å². The molecule has 2 saturated carbocycles. The fourth-order valence-electron chi connectivity index (χ4n) is 3.95. The highest BCUT2D eigenvalue weighted by Gasteiger charge is 2.42. The molecule has 2 fully saturated rings. The lowest BCUT2D eigenvalue weighted by Gasteiger charge is -2.28. The van der Waals surface area contributed by atoms with Crippen LogP contribution in [0.5, 0.6) is 0 Å². The average molecular weight is 324 g/mol. The summed E-state index contributed by atoms with van der Waals surface area (Å²) in [6.45, 7) is 2.55. The molecule has 1 amide bonds. The number of benzene rings is 1. The van der Waals surface area contributed by atoms with Gasteiger partial charge in [0.2, 0.25) is 5.91 Å². The number of aryl methyl sites for hydroxylation is 1. The van der Waals surface area contributed by atoms with Crippen LogP contribution < -0.4 is 5.32 Å². The van der Waals surface area contributed by atoms with Crippen LogP contribution in [0.1, 0.15) is 61.5 Å². The van der Waals surface area contributed by atoms with Crippen LogP contribution in [-0.4, -0.2) is 20.7 Å². The second kappa shape index (κ2) is 6.04. The fraction of sp³-hybridized carbons (Fsp3) is 0.526. The van der Waals surface area contributed by atoms with E-state index in [1.54, 1.807) is 6.33 Å². The maximum Gasteiger partial charge on any atom is 0.231 e. The van der Waals surface area contributed by atoms with Gasteiger partial charge in [-0.2, -0.15) is 0 Å². The van der Waals surface area contributed by atoms with Gasteiger partial charge >= 0.3 is 0 Å². The van der Waals surface area contributed by atoms with Crippen molar-refractivity contribution in [1.29, 1.82) is 0 Å². The first-order valence-corrected chi connectivity index (χ1v) is 8.93. The summed E-state index contributed by atoms with van der Waals surface area (Å²) in [5.41, 5.74) is 1.98. The van der Waals surface area contributed by atoms with Crippen molar-refractivity contribution < 1.29 is 4.79 Å². The molecule has 0 radical (unpaired) electrons. The molecule has 0 unspecified atom stereocenters. The van der Waals surface area contributed by atoms with E-state index in [9.17, 15) is 4.79 Å². The maximum absolute atomic E-state index is 13.1. The molecule has 0 bridgehead atoms. The minimum Gasteiger partial charge on any atom is -0.348 e. The number of nitrogens with zero attached hydrogens (tertiary/aromatic N) is 3. The third-order valence-corrected chi connectivity index (χ3v) is 5.46. The molecular formula is C19H24N4O. The molecule has 1 aromatic heterocycles. The van der Waals surface area contributed by atoms with Crippen LogP contribution in [-0.2, 0) is 16.8 Å². The van der Waals surface area contributed by atoms with Crippen LogP contribution in [0.4, 0.5) is 0 Å². The predicted octanol–water partition coefficient (Wildman–Crippen LogP) is 3.05. The smallest absolute Gasteiger partial charge is 0.231 e. The number of hydrogen-bond donors (Lipinski definition) is 1. The molecule has 0 atom stereocenters. The minimum absolute atomic E-state index is 0.135. The highest BCUT2D eigenvalue weighted by molar-refractivity contribution is 5.88. The molecule has 0 saturated heterocycles. The number of amides is 1. The molecule has 2 aromatic rings. The Hall–Kier alpha value is -2.17. The van der Waals surface area contributed by atoms with Crippen molar-refractivity contribution in [3.63, 3.8) is 0 Å². The molecule has 1 aromatic carbocycles. The van der Waals surface area contributed by atoms with E-state index in [0.717, 1.165) is 37.1 Å². The van der Waals surface area contributed by atoms with E-state index in [1.165, 1.54) is 18.4 Å². The highest BCUT2D eigenvalue weighted by Crippen LogP contribution is 2.41. The third-order valence-electron chi connectivity index (χ3n) is 5.46. The average Bonchev–Trinajstić information content (AvgIpc) is 3.12. The lowest BCUT2D eigenvalue weighted by molar-refractivity contribution is -0.126. The molecule has 4 rings (SSSR count). The Morgan fingerprint density at radius 2 is 2.12 bits per heavy atom. The number of carbonyl (C=O) groups excluding carboxylic acids is 1. The van der Waals surface area contributed by atoms with Gasteiger partial charge in [0.1, 0.15) is 6.33 Å². The van der Waals surface area contributed by atoms with Crippen molar-refractivity contribution in [2.45, 2.75) is 63.5 Å². The number of hydrogen-bond acceptors (Lipinski definition) is 3. The van der Waals surface area contributed by atoms with E-state index in [1.807, 2.05) is 0 Å². The van der Waals surface area contributed by atoms with Gasteiger partial charge in [-0.05, 0) is 38.2 Å². The summed E-state index contributed by atoms with van der Waals surface area (Å²) < 4.78 is 2.11. The third kappa shape index (κ3) is 2.72. The molecule has 1 heterocycles. The Kier molecular flexibility index (Phi) is 3.87. The van der Waals surface area contributed by atoms with Crippen molar-refractivity contribution in [1.82, 2.24) is 20.1 Å².